The fraction of sp³-hybridized carbons (Fsp3) is 0.429. The van der Waals surface area contributed by atoms with Gasteiger partial charge >= 0.3 is 0 Å². The van der Waals surface area contributed by atoms with Crippen molar-refractivity contribution in [3.8, 4) is 11.8 Å². The van der Waals surface area contributed by atoms with Crippen LogP contribution in [0.5, 0.6) is 0 Å². The summed E-state index contributed by atoms with van der Waals surface area (Å²) in [5, 5.41) is 13.0. The first-order valence-electron chi connectivity index (χ1n) is 6.29. The van der Waals surface area contributed by atoms with Crippen LogP contribution in [0.3, 0.4) is 0 Å². The van der Waals surface area contributed by atoms with E-state index in [1.807, 2.05) is 6.92 Å². The summed E-state index contributed by atoms with van der Waals surface area (Å²) in [5.41, 5.74) is 0.523. The van der Waals surface area contributed by atoms with Crippen LogP contribution in [-0.4, -0.2) is 48.6 Å². The van der Waals surface area contributed by atoms with Gasteiger partial charge in [0.05, 0.1) is 23.6 Å². The molecular weight excluding hydrogens is 276 g/mol. The van der Waals surface area contributed by atoms with E-state index in [9.17, 15) is 9.59 Å². The molecule has 6 heteroatoms. The summed E-state index contributed by atoms with van der Waals surface area (Å²) in [6.07, 6.45) is 0.415. The van der Waals surface area contributed by atoms with Crippen molar-refractivity contribution >= 4 is 23.2 Å². The summed E-state index contributed by atoms with van der Waals surface area (Å²) in [7, 11) is 1.59. The Balaban J connectivity index is 2.64. The second kappa shape index (κ2) is 8.35. The Labute approximate surface area is 122 Å². The van der Waals surface area contributed by atoms with E-state index in [1.165, 1.54) is 16.2 Å². The summed E-state index contributed by atoms with van der Waals surface area (Å²) < 4.78 is 0. The first-order valence-corrected chi connectivity index (χ1v) is 7.16. The maximum absolute atomic E-state index is 12.1. The minimum Gasteiger partial charge on any atom is -0.395 e. The highest BCUT2D eigenvalue weighted by molar-refractivity contribution is 7.10. The molecule has 0 aromatic carbocycles. The SMILES string of the molecule is CCNC(=O)CN(C)C(=O)c1csc(C#CCCO)c1. The van der Waals surface area contributed by atoms with E-state index in [0.717, 1.165) is 4.88 Å². The van der Waals surface area contributed by atoms with Crippen LogP contribution in [0, 0.1) is 11.8 Å². The van der Waals surface area contributed by atoms with Crippen molar-refractivity contribution < 1.29 is 14.7 Å². The van der Waals surface area contributed by atoms with Crippen molar-refractivity contribution in [1.82, 2.24) is 10.2 Å². The quantitative estimate of drug-likeness (QED) is 0.785. The Bertz CT molecular complexity index is 528. The molecule has 0 aliphatic heterocycles. The number of carbonyl (C=O) groups is 2. The zero-order valence-corrected chi connectivity index (χ0v) is 12.4. The predicted octanol–water partition coefficient (Wildman–Crippen LogP) is 0.690. The molecule has 0 saturated carbocycles. The minimum absolute atomic E-state index is 0.0272. The summed E-state index contributed by atoms with van der Waals surface area (Å²) in [5.74, 6) is 5.30. The predicted molar refractivity (Wildman–Crippen MR) is 78.5 cm³/mol. The highest BCUT2D eigenvalue weighted by Crippen LogP contribution is 2.15. The number of aliphatic hydroxyl groups excluding tert-OH is 1. The third kappa shape index (κ3) is 5.03. The molecule has 1 rings (SSSR count). The van der Waals surface area contributed by atoms with Crippen LogP contribution in [0.1, 0.15) is 28.6 Å². The van der Waals surface area contributed by atoms with Crippen molar-refractivity contribution in [1.29, 1.82) is 0 Å². The van der Waals surface area contributed by atoms with Gasteiger partial charge in [-0.3, -0.25) is 9.59 Å². The number of thiophene rings is 1. The molecule has 108 valence electrons. The number of hydrogen-bond donors (Lipinski definition) is 2. The second-order valence-electron chi connectivity index (χ2n) is 4.09. The smallest absolute Gasteiger partial charge is 0.254 e. The fourth-order valence-electron chi connectivity index (χ4n) is 1.48. The summed E-state index contributed by atoms with van der Waals surface area (Å²) in [6.45, 7) is 2.44. The number of amides is 2. The molecule has 0 aliphatic rings. The summed E-state index contributed by atoms with van der Waals surface area (Å²) in [6, 6.07) is 1.70. The van der Waals surface area contributed by atoms with Crippen LogP contribution in [0.4, 0.5) is 0 Å². The van der Waals surface area contributed by atoms with Crippen molar-refractivity contribution in [2.24, 2.45) is 0 Å². The number of likely N-dealkylation sites (N-methyl/N-ethyl adjacent to an activating group) is 2. The van der Waals surface area contributed by atoms with Crippen molar-refractivity contribution in [3.63, 3.8) is 0 Å². The van der Waals surface area contributed by atoms with Crippen molar-refractivity contribution in [3.05, 3.63) is 21.9 Å². The number of nitrogens with one attached hydrogen (secondary N) is 1. The first-order chi connectivity index (χ1) is 9.58. The molecule has 2 amide bonds. The first kappa shape index (κ1) is 16.2. The average Bonchev–Trinajstić information content (AvgIpc) is 2.87. The number of aliphatic hydroxyl groups is 1. The zero-order valence-electron chi connectivity index (χ0n) is 11.6. The zero-order chi connectivity index (χ0) is 15.0. The maximum Gasteiger partial charge on any atom is 0.254 e. The van der Waals surface area contributed by atoms with Gasteiger partial charge in [0.2, 0.25) is 5.91 Å². The Hall–Kier alpha value is -1.84. The Kier molecular flexibility index (Phi) is 6.77. The van der Waals surface area contributed by atoms with Gasteiger partial charge in [0.1, 0.15) is 0 Å². The van der Waals surface area contributed by atoms with E-state index >= 15 is 0 Å². The summed E-state index contributed by atoms with van der Waals surface area (Å²) >= 11 is 1.37. The number of nitrogens with zero attached hydrogens (tertiary/aromatic N) is 1. The molecule has 20 heavy (non-hydrogen) atoms. The Morgan fingerprint density at radius 2 is 2.25 bits per heavy atom. The van der Waals surface area contributed by atoms with Gasteiger partial charge < -0.3 is 15.3 Å². The van der Waals surface area contributed by atoms with Crippen LogP contribution < -0.4 is 5.32 Å². The third-order valence-electron chi connectivity index (χ3n) is 2.40. The van der Waals surface area contributed by atoms with E-state index in [0.29, 0.717) is 18.5 Å². The lowest BCUT2D eigenvalue weighted by Crippen LogP contribution is -2.38. The van der Waals surface area contributed by atoms with E-state index in [1.54, 1.807) is 18.5 Å². The summed E-state index contributed by atoms with van der Waals surface area (Å²) in [4.78, 5) is 25.7. The van der Waals surface area contributed by atoms with Gasteiger partial charge in [-0.15, -0.1) is 11.3 Å². The standard InChI is InChI=1S/C14H18N2O3S/c1-3-15-13(18)9-16(2)14(19)11-8-12(20-10-11)6-4-5-7-17/h8,10,17H,3,5,7,9H2,1-2H3,(H,15,18). The molecule has 1 aromatic rings. The normalized spacial score (nSPS) is 9.55. The molecule has 0 bridgehead atoms. The van der Waals surface area contributed by atoms with E-state index in [4.69, 9.17) is 5.11 Å². The highest BCUT2D eigenvalue weighted by atomic mass is 32.1. The fourth-order valence-corrected chi connectivity index (χ4v) is 2.23. The molecular formula is C14H18N2O3S. The largest absolute Gasteiger partial charge is 0.395 e. The van der Waals surface area contributed by atoms with Gasteiger partial charge in [0.25, 0.3) is 5.91 Å². The lowest BCUT2D eigenvalue weighted by molar-refractivity contribution is -0.121. The average molecular weight is 294 g/mol. The van der Waals surface area contributed by atoms with Gasteiger partial charge in [0, 0.05) is 25.4 Å². The Morgan fingerprint density at radius 1 is 1.50 bits per heavy atom. The molecule has 5 nitrogen and oxygen atoms in total. The molecule has 2 N–H and O–H groups in total. The molecule has 0 atom stereocenters. The lowest BCUT2D eigenvalue weighted by Gasteiger charge is -2.15. The molecule has 0 saturated heterocycles. The van der Waals surface area contributed by atoms with Crippen molar-refractivity contribution in [2.45, 2.75) is 13.3 Å². The maximum atomic E-state index is 12.1. The van der Waals surface area contributed by atoms with Gasteiger partial charge in [-0.25, -0.2) is 0 Å². The van der Waals surface area contributed by atoms with Crippen LogP contribution in [-0.2, 0) is 4.79 Å². The van der Waals surface area contributed by atoms with Crippen LogP contribution in [0.15, 0.2) is 11.4 Å². The van der Waals surface area contributed by atoms with Crippen LogP contribution in [0.25, 0.3) is 0 Å². The van der Waals surface area contributed by atoms with E-state index < -0.39 is 0 Å². The molecule has 0 radical (unpaired) electrons. The third-order valence-corrected chi connectivity index (χ3v) is 3.24. The topological polar surface area (TPSA) is 69.6 Å². The number of rotatable bonds is 5. The Morgan fingerprint density at radius 3 is 2.90 bits per heavy atom. The molecule has 0 spiro atoms. The van der Waals surface area contributed by atoms with Crippen LogP contribution >= 0.6 is 11.3 Å². The van der Waals surface area contributed by atoms with Gasteiger partial charge in [-0.1, -0.05) is 11.8 Å². The molecule has 1 heterocycles. The van der Waals surface area contributed by atoms with E-state index in [-0.39, 0.29) is 25.0 Å². The highest BCUT2D eigenvalue weighted by Gasteiger charge is 2.15. The van der Waals surface area contributed by atoms with Gasteiger partial charge in [-0.05, 0) is 13.0 Å². The van der Waals surface area contributed by atoms with Crippen LogP contribution in [0.2, 0.25) is 0 Å². The monoisotopic (exact) mass is 294 g/mol. The van der Waals surface area contributed by atoms with E-state index in [2.05, 4.69) is 17.2 Å². The minimum atomic E-state index is -0.206. The number of hydrogen-bond acceptors (Lipinski definition) is 4. The number of carbonyl (C=O) groups excluding carboxylic acids is 2. The molecule has 0 aliphatic carbocycles. The lowest BCUT2D eigenvalue weighted by atomic mass is 10.2. The van der Waals surface area contributed by atoms with Crippen molar-refractivity contribution in [2.75, 3.05) is 26.7 Å². The molecule has 0 fully saturated rings. The molecule has 0 unspecified atom stereocenters. The van der Waals surface area contributed by atoms with Gasteiger partial charge in [0.15, 0.2) is 0 Å². The molecule has 1 aromatic heterocycles. The second-order valence-corrected chi connectivity index (χ2v) is 5.00. The van der Waals surface area contributed by atoms with Gasteiger partial charge in [-0.2, -0.15) is 0 Å².